The second-order valence-electron chi connectivity index (χ2n) is 2.76. The molecule has 0 saturated heterocycles. The first kappa shape index (κ1) is 8.74. The van der Waals surface area contributed by atoms with Gasteiger partial charge in [-0.05, 0) is 19.1 Å². The fourth-order valence-corrected chi connectivity index (χ4v) is 1.27. The third-order valence-corrected chi connectivity index (χ3v) is 1.87. The van der Waals surface area contributed by atoms with Gasteiger partial charge in [-0.25, -0.2) is 4.98 Å². The SMILES string of the molecule is CCOC(=N)c1nccc2ccoc12. The van der Waals surface area contributed by atoms with E-state index < -0.39 is 0 Å². The smallest absolute Gasteiger partial charge is 0.236 e. The summed E-state index contributed by atoms with van der Waals surface area (Å²) in [6.07, 6.45) is 3.22. The summed E-state index contributed by atoms with van der Waals surface area (Å²) in [4.78, 5) is 4.05. The fourth-order valence-electron chi connectivity index (χ4n) is 1.27. The van der Waals surface area contributed by atoms with E-state index in [9.17, 15) is 0 Å². The maximum Gasteiger partial charge on any atom is 0.236 e. The molecule has 14 heavy (non-hydrogen) atoms. The van der Waals surface area contributed by atoms with Crippen molar-refractivity contribution in [2.45, 2.75) is 6.92 Å². The van der Waals surface area contributed by atoms with Gasteiger partial charge >= 0.3 is 0 Å². The van der Waals surface area contributed by atoms with Crippen LogP contribution in [0.3, 0.4) is 0 Å². The van der Waals surface area contributed by atoms with Gasteiger partial charge in [-0.15, -0.1) is 0 Å². The van der Waals surface area contributed by atoms with Crippen LogP contribution in [0, 0.1) is 5.41 Å². The summed E-state index contributed by atoms with van der Waals surface area (Å²) < 4.78 is 10.3. The van der Waals surface area contributed by atoms with Crippen molar-refractivity contribution >= 4 is 16.9 Å². The minimum absolute atomic E-state index is 0.0491. The number of nitrogens with one attached hydrogen (secondary N) is 1. The Hall–Kier alpha value is -1.84. The molecule has 0 aliphatic rings. The monoisotopic (exact) mass is 190 g/mol. The van der Waals surface area contributed by atoms with Crippen LogP contribution in [-0.2, 0) is 4.74 Å². The molecule has 0 spiro atoms. The largest absolute Gasteiger partial charge is 0.477 e. The Morgan fingerprint density at radius 1 is 1.57 bits per heavy atom. The third-order valence-electron chi connectivity index (χ3n) is 1.87. The Labute approximate surface area is 81.0 Å². The minimum atomic E-state index is 0.0491. The maximum atomic E-state index is 7.61. The van der Waals surface area contributed by atoms with E-state index in [2.05, 4.69) is 4.98 Å². The van der Waals surface area contributed by atoms with Gasteiger partial charge in [0.25, 0.3) is 0 Å². The van der Waals surface area contributed by atoms with Crippen molar-refractivity contribution in [3.63, 3.8) is 0 Å². The number of hydrogen-bond acceptors (Lipinski definition) is 4. The van der Waals surface area contributed by atoms with Crippen molar-refractivity contribution in [2.24, 2.45) is 0 Å². The van der Waals surface area contributed by atoms with Crippen LogP contribution in [0.4, 0.5) is 0 Å². The maximum absolute atomic E-state index is 7.61. The van der Waals surface area contributed by atoms with E-state index >= 15 is 0 Å². The van der Waals surface area contributed by atoms with Gasteiger partial charge in [0.05, 0.1) is 12.9 Å². The van der Waals surface area contributed by atoms with Gasteiger partial charge in [-0.3, -0.25) is 5.41 Å². The molecule has 2 aromatic rings. The van der Waals surface area contributed by atoms with Gasteiger partial charge < -0.3 is 9.15 Å². The lowest BCUT2D eigenvalue weighted by molar-refractivity contribution is 0.324. The van der Waals surface area contributed by atoms with Gasteiger partial charge in [-0.1, -0.05) is 0 Å². The Morgan fingerprint density at radius 2 is 2.43 bits per heavy atom. The fraction of sp³-hybridized carbons (Fsp3) is 0.200. The molecule has 0 amide bonds. The van der Waals surface area contributed by atoms with Crippen LogP contribution in [0.25, 0.3) is 11.0 Å². The van der Waals surface area contributed by atoms with Crippen molar-refractivity contribution < 1.29 is 9.15 Å². The molecule has 0 bridgehead atoms. The molecule has 0 aliphatic heterocycles. The van der Waals surface area contributed by atoms with Crippen LogP contribution in [-0.4, -0.2) is 17.5 Å². The zero-order valence-corrected chi connectivity index (χ0v) is 7.78. The van der Waals surface area contributed by atoms with Crippen LogP contribution in [0.2, 0.25) is 0 Å². The van der Waals surface area contributed by atoms with E-state index in [0.717, 1.165) is 5.39 Å². The number of furan rings is 1. The highest BCUT2D eigenvalue weighted by Crippen LogP contribution is 2.18. The van der Waals surface area contributed by atoms with Crippen molar-refractivity contribution in [1.82, 2.24) is 4.98 Å². The van der Waals surface area contributed by atoms with Crippen molar-refractivity contribution in [3.8, 4) is 0 Å². The predicted molar refractivity (Wildman–Crippen MR) is 52.5 cm³/mol. The normalized spacial score (nSPS) is 10.4. The number of rotatable bonds is 2. The van der Waals surface area contributed by atoms with Gasteiger partial charge in [-0.2, -0.15) is 0 Å². The standard InChI is InChI=1S/C10H10N2O2/c1-2-13-10(11)8-9-7(3-5-12-8)4-6-14-9/h3-6,11H,2H2,1H3. The highest BCUT2D eigenvalue weighted by atomic mass is 16.5. The molecule has 2 aromatic heterocycles. The lowest BCUT2D eigenvalue weighted by Crippen LogP contribution is -2.06. The molecule has 1 N–H and O–H groups in total. The van der Waals surface area contributed by atoms with Gasteiger partial charge in [0.15, 0.2) is 11.3 Å². The van der Waals surface area contributed by atoms with Gasteiger partial charge in [0, 0.05) is 11.6 Å². The summed E-state index contributed by atoms with van der Waals surface area (Å²) in [6, 6.07) is 3.67. The molecule has 0 unspecified atom stereocenters. The Balaban J connectivity index is 2.50. The molecule has 0 saturated carbocycles. The van der Waals surface area contributed by atoms with E-state index in [1.165, 1.54) is 0 Å². The first-order valence-corrected chi connectivity index (χ1v) is 4.37. The zero-order chi connectivity index (χ0) is 9.97. The first-order chi connectivity index (χ1) is 6.83. The van der Waals surface area contributed by atoms with E-state index in [-0.39, 0.29) is 5.90 Å². The predicted octanol–water partition coefficient (Wildman–Crippen LogP) is 2.19. The molecule has 0 fully saturated rings. The van der Waals surface area contributed by atoms with Crippen LogP contribution < -0.4 is 0 Å². The van der Waals surface area contributed by atoms with Gasteiger partial charge in [0.1, 0.15) is 0 Å². The number of fused-ring (bicyclic) bond motifs is 1. The van der Waals surface area contributed by atoms with E-state index in [1.54, 1.807) is 12.5 Å². The molecule has 2 rings (SSSR count). The zero-order valence-electron chi connectivity index (χ0n) is 7.78. The molecule has 0 radical (unpaired) electrons. The number of hydrogen-bond donors (Lipinski definition) is 1. The second-order valence-corrected chi connectivity index (χ2v) is 2.76. The second kappa shape index (κ2) is 3.49. The quantitative estimate of drug-likeness (QED) is 0.583. The number of nitrogens with zero attached hydrogens (tertiary/aromatic N) is 1. The summed E-state index contributed by atoms with van der Waals surface area (Å²) in [5.41, 5.74) is 1.06. The number of pyridine rings is 1. The molecular weight excluding hydrogens is 180 g/mol. The van der Waals surface area contributed by atoms with Gasteiger partial charge in [0.2, 0.25) is 5.90 Å². The Bertz CT molecular complexity index is 462. The lowest BCUT2D eigenvalue weighted by atomic mass is 10.2. The molecule has 4 heteroatoms. The van der Waals surface area contributed by atoms with Crippen LogP contribution >= 0.6 is 0 Å². The third kappa shape index (κ3) is 1.35. The molecule has 4 nitrogen and oxygen atoms in total. The lowest BCUT2D eigenvalue weighted by Gasteiger charge is -2.03. The number of aromatic nitrogens is 1. The first-order valence-electron chi connectivity index (χ1n) is 4.37. The average Bonchev–Trinajstić information content (AvgIpc) is 2.65. The van der Waals surface area contributed by atoms with Crippen LogP contribution in [0.15, 0.2) is 29.0 Å². The van der Waals surface area contributed by atoms with E-state index in [1.807, 2.05) is 19.1 Å². The number of ether oxygens (including phenoxy) is 1. The molecule has 0 aromatic carbocycles. The molecule has 72 valence electrons. The molecule has 0 atom stereocenters. The minimum Gasteiger partial charge on any atom is -0.477 e. The Morgan fingerprint density at radius 3 is 3.21 bits per heavy atom. The molecule has 2 heterocycles. The average molecular weight is 190 g/mol. The van der Waals surface area contributed by atoms with Crippen molar-refractivity contribution in [2.75, 3.05) is 6.61 Å². The summed E-state index contributed by atoms with van der Waals surface area (Å²) in [7, 11) is 0. The summed E-state index contributed by atoms with van der Waals surface area (Å²) in [6.45, 7) is 2.29. The topological polar surface area (TPSA) is 59.1 Å². The van der Waals surface area contributed by atoms with Crippen LogP contribution in [0.5, 0.6) is 0 Å². The van der Waals surface area contributed by atoms with Crippen LogP contribution in [0.1, 0.15) is 12.6 Å². The molecular formula is C10H10N2O2. The summed E-state index contributed by atoms with van der Waals surface area (Å²) >= 11 is 0. The summed E-state index contributed by atoms with van der Waals surface area (Å²) in [5.74, 6) is 0.0491. The van der Waals surface area contributed by atoms with E-state index in [0.29, 0.717) is 17.9 Å². The molecule has 0 aliphatic carbocycles. The van der Waals surface area contributed by atoms with Crippen molar-refractivity contribution in [3.05, 3.63) is 30.3 Å². The Kier molecular flexibility index (Phi) is 2.18. The summed E-state index contributed by atoms with van der Waals surface area (Å²) in [5, 5.41) is 8.54. The van der Waals surface area contributed by atoms with Crippen molar-refractivity contribution in [1.29, 1.82) is 5.41 Å². The highest BCUT2D eigenvalue weighted by molar-refractivity contribution is 6.01. The highest BCUT2D eigenvalue weighted by Gasteiger charge is 2.11. The van der Waals surface area contributed by atoms with E-state index in [4.69, 9.17) is 14.6 Å².